The molecule has 1 aromatic rings. The lowest BCUT2D eigenvalue weighted by atomic mass is 10.3. The van der Waals surface area contributed by atoms with Gasteiger partial charge < -0.3 is 5.73 Å². The molecule has 0 aliphatic rings. The molecule has 9 heteroatoms. The Morgan fingerprint density at radius 1 is 1.24 bits per heavy atom. The van der Waals surface area contributed by atoms with Gasteiger partial charge in [0.1, 0.15) is 0 Å². The predicted octanol–water partition coefficient (Wildman–Crippen LogP) is 1.68. The SMILES string of the molecule is C=S(NS(=O)(=O)C(F)(F)F)c1ccc(N)cc1. The van der Waals surface area contributed by atoms with E-state index in [1.165, 1.54) is 28.4 Å². The second kappa shape index (κ2) is 4.67. The molecule has 3 N–H and O–H groups in total. The molecule has 0 bridgehead atoms. The Morgan fingerprint density at radius 2 is 1.71 bits per heavy atom. The molecule has 1 aromatic carbocycles. The molecule has 0 amide bonds. The van der Waals surface area contributed by atoms with Crippen molar-refractivity contribution in [3.63, 3.8) is 0 Å². The highest BCUT2D eigenvalue weighted by Crippen LogP contribution is 2.28. The number of hydrogen-bond acceptors (Lipinski definition) is 3. The minimum Gasteiger partial charge on any atom is -0.399 e. The fourth-order valence-corrected chi connectivity index (χ4v) is 3.15. The Morgan fingerprint density at radius 3 is 2.12 bits per heavy atom. The third kappa shape index (κ3) is 3.45. The average Bonchev–Trinajstić information content (AvgIpc) is 2.16. The summed E-state index contributed by atoms with van der Waals surface area (Å²) in [6.07, 6.45) is 0. The summed E-state index contributed by atoms with van der Waals surface area (Å²) < 4.78 is 59.3. The molecule has 0 spiro atoms. The molecule has 0 aromatic heterocycles. The minimum absolute atomic E-state index is 0.312. The number of benzene rings is 1. The van der Waals surface area contributed by atoms with Crippen LogP contribution in [0.3, 0.4) is 0 Å². The highest BCUT2D eigenvalue weighted by Gasteiger charge is 2.46. The number of nitrogens with two attached hydrogens (primary N) is 1. The number of alkyl halides is 3. The molecule has 0 saturated heterocycles. The molecule has 1 atom stereocenters. The van der Waals surface area contributed by atoms with Gasteiger partial charge in [0.15, 0.2) is 0 Å². The highest BCUT2D eigenvalue weighted by atomic mass is 32.3. The van der Waals surface area contributed by atoms with E-state index in [1.807, 2.05) is 0 Å². The molecule has 4 nitrogen and oxygen atoms in total. The van der Waals surface area contributed by atoms with Crippen molar-refractivity contribution in [1.82, 2.24) is 4.13 Å². The first-order valence-electron chi connectivity index (χ1n) is 4.12. The monoisotopic (exact) mass is 286 g/mol. The van der Waals surface area contributed by atoms with Crippen molar-refractivity contribution in [3.05, 3.63) is 24.3 Å². The van der Waals surface area contributed by atoms with Gasteiger partial charge in [-0.2, -0.15) is 17.3 Å². The van der Waals surface area contributed by atoms with Crippen LogP contribution in [0.1, 0.15) is 0 Å². The van der Waals surface area contributed by atoms with Gasteiger partial charge in [-0.25, -0.2) is 8.42 Å². The van der Waals surface area contributed by atoms with Crippen LogP contribution in [0.5, 0.6) is 0 Å². The molecule has 0 heterocycles. The molecule has 0 aliphatic heterocycles. The van der Waals surface area contributed by atoms with Gasteiger partial charge >= 0.3 is 15.5 Å². The van der Waals surface area contributed by atoms with Gasteiger partial charge in [0, 0.05) is 10.6 Å². The number of halogens is 3. The number of hydrogen-bond donors (Lipinski definition) is 2. The van der Waals surface area contributed by atoms with Gasteiger partial charge in [-0.05, 0) is 24.3 Å². The lowest BCUT2D eigenvalue weighted by Gasteiger charge is -2.12. The maximum Gasteiger partial charge on any atom is 0.512 e. The van der Waals surface area contributed by atoms with Crippen molar-refractivity contribution in [2.75, 3.05) is 5.73 Å². The van der Waals surface area contributed by atoms with E-state index in [1.54, 1.807) is 0 Å². The van der Waals surface area contributed by atoms with Crippen LogP contribution in [0, 0.1) is 0 Å². The number of rotatable bonds is 3. The van der Waals surface area contributed by atoms with Gasteiger partial charge in [-0.1, -0.05) is 16.5 Å². The fourth-order valence-electron chi connectivity index (χ4n) is 0.860. The minimum atomic E-state index is -5.39. The normalized spacial score (nSPS) is 14.5. The fraction of sp³-hybridized carbons (Fsp3) is 0.125. The van der Waals surface area contributed by atoms with E-state index in [2.05, 4.69) is 5.87 Å². The molecule has 0 radical (unpaired) electrons. The molecule has 17 heavy (non-hydrogen) atoms. The van der Waals surface area contributed by atoms with Gasteiger partial charge in [-0.3, -0.25) is 0 Å². The van der Waals surface area contributed by atoms with Crippen molar-refractivity contribution in [1.29, 1.82) is 0 Å². The van der Waals surface area contributed by atoms with Crippen LogP contribution >= 0.6 is 10.7 Å². The lowest BCUT2D eigenvalue weighted by Crippen LogP contribution is -2.33. The highest BCUT2D eigenvalue weighted by molar-refractivity contribution is 8.19. The number of anilines is 1. The van der Waals surface area contributed by atoms with Gasteiger partial charge in [-0.15, -0.1) is 0 Å². The molecule has 0 aliphatic carbocycles. The summed E-state index contributed by atoms with van der Waals surface area (Å²) in [4.78, 5) is 0.312. The number of sulfonamides is 1. The molecule has 1 unspecified atom stereocenters. The second-order valence-corrected chi connectivity index (χ2v) is 6.38. The van der Waals surface area contributed by atoms with Crippen LogP contribution in [0.15, 0.2) is 29.2 Å². The van der Waals surface area contributed by atoms with Crippen molar-refractivity contribution >= 4 is 32.3 Å². The maximum atomic E-state index is 12.1. The van der Waals surface area contributed by atoms with E-state index < -0.39 is 26.2 Å². The molecule has 96 valence electrons. The van der Waals surface area contributed by atoms with Crippen LogP contribution in [0.4, 0.5) is 18.9 Å². The van der Waals surface area contributed by atoms with Crippen LogP contribution < -0.4 is 9.86 Å². The lowest BCUT2D eigenvalue weighted by molar-refractivity contribution is -0.0440. The summed E-state index contributed by atoms with van der Waals surface area (Å²) in [6, 6.07) is 5.71. The summed E-state index contributed by atoms with van der Waals surface area (Å²) in [7, 11) is -6.91. The van der Waals surface area contributed by atoms with E-state index in [-0.39, 0.29) is 0 Å². The Hall–Kier alpha value is -1.06. The number of nitrogens with one attached hydrogen (secondary N) is 1. The molecule has 0 saturated carbocycles. The summed E-state index contributed by atoms with van der Waals surface area (Å²) in [6.45, 7) is 0. The summed E-state index contributed by atoms with van der Waals surface area (Å²) in [5.74, 6) is 3.33. The Bertz CT molecular complexity index is 523. The van der Waals surface area contributed by atoms with Gasteiger partial charge in [0.2, 0.25) is 0 Å². The Kier molecular flexibility index (Phi) is 3.84. The Balaban J connectivity index is 2.91. The van der Waals surface area contributed by atoms with E-state index in [9.17, 15) is 21.6 Å². The zero-order valence-electron chi connectivity index (χ0n) is 8.36. The van der Waals surface area contributed by atoms with Crippen LogP contribution in [0.2, 0.25) is 0 Å². The van der Waals surface area contributed by atoms with Crippen LogP contribution in [-0.2, 0) is 10.0 Å². The molecular weight excluding hydrogens is 277 g/mol. The first kappa shape index (κ1) is 14.0. The predicted molar refractivity (Wildman–Crippen MR) is 61.9 cm³/mol. The summed E-state index contributed by atoms with van der Waals surface area (Å²) in [5, 5.41) is 0. The van der Waals surface area contributed by atoms with E-state index >= 15 is 0 Å². The van der Waals surface area contributed by atoms with Crippen LogP contribution in [-0.4, -0.2) is 19.8 Å². The smallest absolute Gasteiger partial charge is 0.399 e. The van der Waals surface area contributed by atoms with E-state index in [0.717, 1.165) is 0 Å². The van der Waals surface area contributed by atoms with E-state index in [4.69, 9.17) is 5.73 Å². The average molecular weight is 286 g/mol. The molecule has 0 fully saturated rings. The first-order chi connectivity index (χ1) is 7.63. The van der Waals surface area contributed by atoms with Gasteiger partial charge in [0.05, 0.1) is 0 Å². The third-order valence-corrected chi connectivity index (χ3v) is 4.81. The largest absolute Gasteiger partial charge is 0.512 e. The van der Waals surface area contributed by atoms with Crippen molar-refractivity contribution in [2.24, 2.45) is 0 Å². The van der Waals surface area contributed by atoms with Crippen LogP contribution in [0.25, 0.3) is 0 Å². The van der Waals surface area contributed by atoms with Crippen molar-refractivity contribution in [3.8, 4) is 0 Å². The summed E-state index contributed by atoms with van der Waals surface area (Å²) in [5.41, 5.74) is 0.465. The third-order valence-electron chi connectivity index (χ3n) is 1.68. The molecule has 1 rings (SSSR count). The zero-order valence-corrected chi connectivity index (χ0v) is 9.99. The summed E-state index contributed by atoms with van der Waals surface area (Å²) >= 11 is 0. The first-order valence-corrected chi connectivity index (χ1v) is 6.99. The van der Waals surface area contributed by atoms with E-state index in [0.29, 0.717) is 10.6 Å². The quantitative estimate of drug-likeness (QED) is 0.656. The Labute approximate surface area is 98.7 Å². The molecular formula is C8H9F3N2O2S2. The zero-order chi connectivity index (χ0) is 13.3. The second-order valence-electron chi connectivity index (χ2n) is 2.99. The maximum absolute atomic E-state index is 12.1. The van der Waals surface area contributed by atoms with Crippen molar-refractivity contribution in [2.45, 2.75) is 10.4 Å². The standard InChI is InChI=1S/C8H9F3N2O2S2/c1-16(7-4-2-6(12)3-5-7)13-17(14,15)8(9,10)11/h2-5,13H,1,12H2. The van der Waals surface area contributed by atoms with Gasteiger partial charge in [0.25, 0.3) is 0 Å². The topological polar surface area (TPSA) is 72.2 Å². The van der Waals surface area contributed by atoms with Crippen molar-refractivity contribution < 1.29 is 21.6 Å². The number of nitrogen functional groups attached to an aromatic ring is 1.